The normalized spacial score (nSPS) is 11.2. The van der Waals surface area contributed by atoms with Crippen molar-refractivity contribution < 1.29 is 14.3 Å². The summed E-state index contributed by atoms with van der Waals surface area (Å²) in [4.78, 5) is 11.4. The number of halogens is 1. The quantitative estimate of drug-likeness (QED) is 0.260. The number of nitrogen functional groups attached to an aromatic ring is 1. The van der Waals surface area contributed by atoms with Crippen LogP contribution < -0.4 is 10.5 Å². The van der Waals surface area contributed by atoms with E-state index >= 15 is 0 Å². The highest BCUT2D eigenvalue weighted by atomic mass is 35.5. The minimum absolute atomic E-state index is 0.170. The van der Waals surface area contributed by atoms with Crippen molar-refractivity contribution in [3.63, 3.8) is 0 Å². The summed E-state index contributed by atoms with van der Waals surface area (Å²) >= 11 is 5.63. The van der Waals surface area contributed by atoms with Gasteiger partial charge in [0.25, 0.3) is 0 Å². The highest BCUT2D eigenvalue weighted by Gasteiger charge is 2.16. The summed E-state index contributed by atoms with van der Waals surface area (Å²) < 4.78 is 9.95. The Bertz CT molecular complexity index is 752. The number of esters is 1. The molecule has 0 aliphatic carbocycles. The number of hydrogen-bond acceptors (Lipinski definition) is 5. The predicted molar refractivity (Wildman–Crippen MR) is 118 cm³/mol. The number of methoxy groups -OCH3 is 1. The van der Waals surface area contributed by atoms with E-state index in [0.29, 0.717) is 16.2 Å². The Kier molecular flexibility index (Phi) is 12.4. The van der Waals surface area contributed by atoms with Crippen LogP contribution >= 0.6 is 11.6 Å². The van der Waals surface area contributed by atoms with Crippen LogP contribution in [-0.2, 0) is 16.0 Å². The number of nitrogens with one attached hydrogen (secondary N) is 1. The summed E-state index contributed by atoms with van der Waals surface area (Å²) in [5.74, 6) is 0.264. The molecule has 3 N–H and O–H groups in total. The minimum Gasteiger partial charge on any atom is -0.496 e. The van der Waals surface area contributed by atoms with Crippen LogP contribution in [0.25, 0.3) is 0 Å². The van der Waals surface area contributed by atoms with E-state index in [9.17, 15) is 4.79 Å². The zero-order valence-corrected chi connectivity index (χ0v) is 18.2. The van der Waals surface area contributed by atoms with Gasteiger partial charge in [-0.2, -0.15) is 0 Å². The van der Waals surface area contributed by atoms with Crippen LogP contribution in [0.15, 0.2) is 53.1 Å². The average molecular weight is 407 g/mol. The molecule has 0 aliphatic heterocycles. The zero-order valence-electron chi connectivity index (χ0n) is 17.4. The summed E-state index contributed by atoms with van der Waals surface area (Å²) in [7, 11) is 1.67. The number of benzene rings is 1. The summed E-state index contributed by atoms with van der Waals surface area (Å²) in [6, 6.07) is 5.80. The molecule has 154 valence electrons. The SMILES string of the molecule is C=C(Cl)/C=C(C)\C(=C/C)C(=N)C(=O)OCC.CCCc1ccc(N)cc1OC. The lowest BCUT2D eigenvalue weighted by atomic mass is 10.0. The summed E-state index contributed by atoms with van der Waals surface area (Å²) in [6.07, 6.45) is 5.44. The molecule has 0 aliphatic rings. The molecule has 5 nitrogen and oxygen atoms in total. The van der Waals surface area contributed by atoms with Gasteiger partial charge in [0, 0.05) is 22.4 Å². The molecule has 1 aromatic rings. The maximum Gasteiger partial charge on any atom is 0.356 e. The fraction of sp³-hybridized carbons (Fsp3) is 0.364. The van der Waals surface area contributed by atoms with Gasteiger partial charge in [-0.05, 0) is 50.5 Å². The van der Waals surface area contributed by atoms with E-state index in [4.69, 9.17) is 32.2 Å². The first-order chi connectivity index (χ1) is 13.2. The van der Waals surface area contributed by atoms with Gasteiger partial charge >= 0.3 is 5.97 Å². The second-order valence-corrected chi connectivity index (χ2v) is 6.38. The second kappa shape index (κ2) is 13.6. The van der Waals surface area contributed by atoms with Crippen LogP contribution in [0.1, 0.15) is 39.7 Å². The van der Waals surface area contributed by atoms with E-state index in [1.807, 2.05) is 18.2 Å². The number of aryl methyl sites for hydroxylation is 1. The summed E-state index contributed by atoms with van der Waals surface area (Å²) in [6.45, 7) is 11.1. The standard InChI is InChI=1S/C12H16ClNO2.C10H15NO/c1-5-10(8(3)7-9(4)13)11(14)12(15)16-6-2;1-3-4-8-5-6-9(11)7-10(8)12-2/h5,7,14H,4,6H2,1-3H3;5-7H,3-4,11H2,1-2H3/b8-7-,10-5+,14-11?;. The summed E-state index contributed by atoms with van der Waals surface area (Å²) in [5, 5.41) is 8.03. The second-order valence-electron chi connectivity index (χ2n) is 5.89. The number of ether oxygens (including phenoxy) is 2. The third-order valence-electron chi connectivity index (χ3n) is 3.67. The highest BCUT2D eigenvalue weighted by molar-refractivity contribution is 6.43. The maximum atomic E-state index is 11.4. The first-order valence-corrected chi connectivity index (χ1v) is 9.47. The molecule has 0 unspecified atom stereocenters. The molecule has 0 atom stereocenters. The predicted octanol–water partition coefficient (Wildman–Crippen LogP) is 5.44. The number of carbonyl (C=O) groups is 1. The van der Waals surface area contributed by atoms with E-state index < -0.39 is 5.97 Å². The Hall–Kier alpha value is -2.53. The highest BCUT2D eigenvalue weighted by Crippen LogP contribution is 2.22. The van der Waals surface area contributed by atoms with E-state index in [2.05, 4.69) is 13.5 Å². The van der Waals surface area contributed by atoms with E-state index in [0.717, 1.165) is 24.3 Å². The van der Waals surface area contributed by atoms with Crippen LogP contribution in [-0.4, -0.2) is 25.4 Å². The van der Waals surface area contributed by atoms with Crippen LogP contribution in [0.2, 0.25) is 0 Å². The van der Waals surface area contributed by atoms with Gasteiger partial charge in [0.1, 0.15) is 11.5 Å². The molecule has 0 radical (unpaired) electrons. The fourth-order valence-corrected chi connectivity index (χ4v) is 2.60. The van der Waals surface area contributed by atoms with Crippen LogP contribution in [0.3, 0.4) is 0 Å². The molecule has 0 saturated heterocycles. The van der Waals surface area contributed by atoms with Crippen LogP contribution in [0.5, 0.6) is 5.75 Å². The van der Waals surface area contributed by atoms with Gasteiger partial charge in [0.2, 0.25) is 0 Å². The molecule has 0 fully saturated rings. The van der Waals surface area contributed by atoms with Gasteiger partial charge < -0.3 is 15.2 Å². The molecule has 0 bridgehead atoms. The van der Waals surface area contributed by atoms with Gasteiger partial charge in [-0.3, -0.25) is 5.41 Å². The summed E-state index contributed by atoms with van der Waals surface area (Å²) in [5.41, 5.74) is 8.64. The fourth-order valence-electron chi connectivity index (χ4n) is 2.43. The lowest BCUT2D eigenvalue weighted by Gasteiger charge is -2.08. The molecule has 1 rings (SSSR count). The molecule has 0 amide bonds. The molecule has 0 spiro atoms. The van der Waals surface area contributed by atoms with E-state index in [1.54, 1.807) is 40.0 Å². The van der Waals surface area contributed by atoms with Gasteiger partial charge in [-0.15, -0.1) is 0 Å². The van der Waals surface area contributed by atoms with Crippen LogP contribution in [0, 0.1) is 5.41 Å². The van der Waals surface area contributed by atoms with Crippen molar-refractivity contribution in [2.24, 2.45) is 0 Å². The number of carbonyl (C=O) groups excluding carboxylic acids is 1. The lowest BCUT2D eigenvalue weighted by Crippen LogP contribution is -2.19. The molecule has 0 aromatic heterocycles. The first kappa shape index (κ1) is 25.5. The van der Waals surface area contributed by atoms with Crippen molar-refractivity contribution in [3.8, 4) is 5.75 Å². The monoisotopic (exact) mass is 406 g/mol. The Morgan fingerprint density at radius 2 is 2.00 bits per heavy atom. The molecule has 0 heterocycles. The van der Waals surface area contributed by atoms with Crippen molar-refractivity contribution in [2.45, 2.75) is 40.5 Å². The van der Waals surface area contributed by atoms with Crippen molar-refractivity contribution in [3.05, 3.63) is 58.7 Å². The average Bonchev–Trinajstić information content (AvgIpc) is 2.64. The Morgan fingerprint density at radius 3 is 2.46 bits per heavy atom. The third kappa shape index (κ3) is 8.91. The molecule has 28 heavy (non-hydrogen) atoms. The number of allylic oxidation sites excluding steroid dienone is 4. The molecule has 1 aromatic carbocycles. The molecule has 6 heteroatoms. The zero-order chi connectivity index (χ0) is 21.7. The third-order valence-corrected chi connectivity index (χ3v) is 3.78. The van der Waals surface area contributed by atoms with Gasteiger partial charge in [-0.25, -0.2) is 4.79 Å². The Labute approximate surface area is 173 Å². The van der Waals surface area contributed by atoms with E-state index in [1.165, 1.54) is 5.56 Å². The first-order valence-electron chi connectivity index (χ1n) is 9.09. The van der Waals surface area contributed by atoms with Crippen LogP contribution in [0.4, 0.5) is 5.69 Å². The van der Waals surface area contributed by atoms with Crippen molar-refractivity contribution in [1.29, 1.82) is 5.41 Å². The van der Waals surface area contributed by atoms with Gasteiger partial charge in [0.05, 0.1) is 13.7 Å². The topological polar surface area (TPSA) is 85.4 Å². The molecule has 0 saturated carbocycles. The van der Waals surface area contributed by atoms with Gasteiger partial charge in [0.15, 0.2) is 0 Å². The van der Waals surface area contributed by atoms with Crippen molar-refractivity contribution in [2.75, 3.05) is 19.5 Å². The minimum atomic E-state index is -0.636. The smallest absolute Gasteiger partial charge is 0.356 e. The van der Waals surface area contributed by atoms with E-state index in [-0.39, 0.29) is 12.3 Å². The maximum absolute atomic E-state index is 11.4. The van der Waals surface area contributed by atoms with Crippen molar-refractivity contribution >= 4 is 29.0 Å². The molecular formula is C22H31ClN2O3. The van der Waals surface area contributed by atoms with Gasteiger partial charge in [-0.1, -0.05) is 43.7 Å². The van der Waals surface area contributed by atoms with Crippen molar-refractivity contribution in [1.82, 2.24) is 0 Å². The Balaban J connectivity index is 0.000000540. The molecular weight excluding hydrogens is 376 g/mol. The number of hydrogen-bond donors (Lipinski definition) is 2. The lowest BCUT2D eigenvalue weighted by molar-refractivity contribution is -0.135. The number of nitrogens with two attached hydrogens (primary N) is 1. The largest absolute Gasteiger partial charge is 0.496 e. The Morgan fingerprint density at radius 1 is 1.36 bits per heavy atom. The number of rotatable bonds is 8. The number of anilines is 1.